The molecule has 0 radical (unpaired) electrons. The van der Waals surface area contributed by atoms with Crippen LogP contribution < -0.4 is 0 Å². The summed E-state index contributed by atoms with van der Waals surface area (Å²) in [6.45, 7) is 6.54. The maximum absolute atomic E-state index is 14.3. The first-order chi connectivity index (χ1) is 10.9. The first-order valence-electron chi connectivity index (χ1n) is 7.39. The number of hydrogen-bond acceptors (Lipinski definition) is 1. The maximum atomic E-state index is 14.3. The van der Waals surface area contributed by atoms with E-state index in [4.69, 9.17) is 6.42 Å². The molecule has 24 heavy (non-hydrogen) atoms. The molecule has 1 atom stereocenters. The van der Waals surface area contributed by atoms with E-state index in [0.717, 1.165) is 0 Å². The van der Waals surface area contributed by atoms with Crippen molar-refractivity contribution in [2.75, 3.05) is 0 Å². The summed E-state index contributed by atoms with van der Waals surface area (Å²) in [6.07, 6.45) is 4.90. The summed E-state index contributed by atoms with van der Waals surface area (Å²) in [6, 6.07) is 0.0950. The zero-order chi connectivity index (χ0) is 18.7. The standard InChI is InChI=1S/C18H18F4O2/c1-6-7-9(12-13(21)10(19)8-11(20)14(12)22)18(15(23)24)16(2,3)17(18,4)5/h1,8-9H,7H2,2-5H3,(H,23,24). The fourth-order valence-corrected chi connectivity index (χ4v) is 4.40. The molecule has 0 saturated heterocycles. The molecular weight excluding hydrogens is 324 g/mol. The molecular formula is C18H18F4O2. The zero-order valence-electron chi connectivity index (χ0n) is 13.8. The molecule has 1 saturated carbocycles. The normalized spacial score (nSPS) is 21.0. The number of halogens is 4. The number of terminal acetylenes is 1. The Kier molecular flexibility index (Phi) is 3.99. The monoisotopic (exact) mass is 342 g/mol. The minimum Gasteiger partial charge on any atom is -0.481 e. The highest BCUT2D eigenvalue weighted by molar-refractivity contribution is 5.84. The second-order valence-electron chi connectivity index (χ2n) is 7.21. The maximum Gasteiger partial charge on any atom is 0.311 e. The van der Waals surface area contributed by atoms with Crippen LogP contribution in [0, 0.1) is 51.9 Å². The van der Waals surface area contributed by atoms with Crippen LogP contribution in [0.1, 0.15) is 45.6 Å². The Morgan fingerprint density at radius 3 is 1.83 bits per heavy atom. The van der Waals surface area contributed by atoms with Gasteiger partial charge in [0.15, 0.2) is 23.3 Å². The summed E-state index contributed by atoms with van der Waals surface area (Å²) in [5.41, 5.74) is -4.38. The second kappa shape index (κ2) is 5.23. The molecule has 1 unspecified atom stereocenters. The predicted molar refractivity (Wildman–Crippen MR) is 80.1 cm³/mol. The lowest BCUT2D eigenvalue weighted by Crippen LogP contribution is -2.32. The molecule has 1 fully saturated rings. The first-order valence-corrected chi connectivity index (χ1v) is 7.39. The van der Waals surface area contributed by atoms with E-state index in [1.165, 1.54) is 0 Å². The van der Waals surface area contributed by atoms with Crippen molar-refractivity contribution in [1.82, 2.24) is 0 Å². The number of carboxylic acids is 1. The SMILES string of the molecule is C#CCC(c1c(F)c(F)cc(F)c1F)C1(C(=O)O)C(C)(C)C1(C)C. The van der Waals surface area contributed by atoms with Crippen molar-refractivity contribution in [3.63, 3.8) is 0 Å². The Morgan fingerprint density at radius 1 is 1.12 bits per heavy atom. The van der Waals surface area contributed by atoms with Gasteiger partial charge in [0.1, 0.15) is 0 Å². The van der Waals surface area contributed by atoms with Gasteiger partial charge in [0.05, 0.1) is 5.41 Å². The summed E-state index contributed by atoms with van der Waals surface area (Å²) in [7, 11) is 0. The summed E-state index contributed by atoms with van der Waals surface area (Å²) < 4.78 is 55.9. The van der Waals surface area contributed by atoms with Gasteiger partial charge in [-0.1, -0.05) is 27.7 Å². The van der Waals surface area contributed by atoms with Gasteiger partial charge in [0, 0.05) is 24.0 Å². The highest BCUT2D eigenvalue weighted by atomic mass is 19.2. The fraction of sp³-hybridized carbons (Fsp3) is 0.500. The Balaban J connectivity index is 2.83. The molecule has 0 aliphatic heterocycles. The van der Waals surface area contributed by atoms with E-state index in [2.05, 4.69) is 5.92 Å². The molecule has 0 heterocycles. The summed E-state index contributed by atoms with van der Waals surface area (Å²) in [5, 5.41) is 9.85. The zero-order valence-corrected chi connectivity index (χ0v) is 13.8. The largest absolute Gasteiger partial charge is 0.481 e. The van der Waals surface area contributed by atoms with Gasteiger partial charge >= 0.3 is 5.97 Å². The third-order valence-corrected chi connectivity index (χ3v) is 6.15. The average molecular weight is 342 g/mol. The molecule has 0 bridgehead atoms. The molecule has 1 aromatic carbocycles. The van der Waals surface area contributed by atoms with Gasteiger partial charge in [-0.15, -0.1) is 12.3 Å². The quantitative estimate of drug-likeness (QED) is 0.497. The molecule has 130 valence electrons. The number of carbonyl (C=O) groups is 1. The third-order valence-electron chi connectivity index (χ3n) is 6.15. The molecule has 2 rings (SSSR count). The van der Waals surface area contributed by atoms with Crippen molar-refractivity contribution in [2.45, 2.75) is 40.0 Å². The van der Waals surface area contributed by atoms with Crippen LogP contribution in [0.5, 0.6) is 0 Å². The molecule has 1 aliphatic carbocycles. The van der Waals surface area contributed by atoms with Crippen LogP contribution in [0.4, 0.5) is 17.6 Å². The highest BCUT2D eigenvalue weighted by Gasteiger charge is 2.84. The van der Waals surface area contributed by atoms with Crippen LogP contribution in [0.25, 0.3) is 0 Å². The Morgan fingerprint density at radius 2 is 1.54 bits per heavy atom. The van der Waals surface area contributed by atoms with Crippen molar-refractivity contribution < 1.29 is 27.5 Å². The summed E-state index contributed by atoms with van der Waals surface area (Å²) >= 11 is 0. The van der Waals surface area contributed by atoms with Crippen molar-refractivity contribution in [2.24, 2.45) is 16.2 Å². The number of rotatable bonds is 4. The topological polar surface area (TPSA) is 37.3 Å². The van der Waals surface area contributed by atoms with Crippen molar-refractivity contribution in [3.8, 4) is 12.3 Å². The van der Waals surface area contributed by atoms with E-state index < -0.39 is 57.0 Å². The predicted octanol–water partition coefficient (Wildman–Crippen LogP) is 4.49. The third kappa shape index (κ3) is 1.87. The number of hydrogen-bond donors (Lipinski definition) is 1. The molecule has 1 N–H and O–H groups in total. The van der Waals surface area contributed by atoms with Crippen molar-refractivity contribution in [3.05, 3.63) is 34.9 Å². The van der Waals surface area contributed by atoms with E-state index >= 15 is 0 Å². The minimum absolute atomic E-state index is 0.0950. The molecule has 0 spiro atoms. The van der Waals surface area contributed by atoms with E-state index in [9.17, 15) is 27.5 Å². The molecule has 0 aromatic heterocycles. The lowest BCUT2D eigenvalue weighted by atomic mass is 9.74. The van der Waals surface area contributed by atoms with Crippen LogP contribution in [0.2, 0.25) is 0 Å². The van der Waals surface area contributed by atoms with Crippen molar-refractivity contribution in [1.29, 1.82) is 0 Å². The smallest absolute Gasteiger partial charge is 0.311 e. The van der Waals surface area contributed by atoms with Gasteiger partial charge in [-0.3, -0.25) is 4.79 Å². The lowest BCUT2D eigenvalue weighted by Gasteiger charge is -2.28. The molecule has 1 aliphatic rings. The van der Waals surface area contributed by atoms with Crippen LogP contribution in [0.15, 0.2) is 6.07 Å². The second-order valence-corrected chi connectivity index (χ2v) is 7.21. The van der Waals surface area contributed by atoms with E-state index in [1.807, 2.05) is 0 Å². The number of carboxylic acid groups (broad SMARTS) is 1. The summed E-state index contributed by atoms with van der Waals surface area (Å²) in [5.74, 6) is -6.89. The van der Waals surface area contributed by atoms with Gasteiger partial charge in [-0.25, -0.2) is 17.6 Å². The number of benzene rings is 1. The van der Waals surface area contributed by atoms with Crippen LogP contribution in [0.3, 0.4) is 0 Å². The van der Waals surface area contributed by atoms with Crippen LogP contribution in [-0.4, -0.2) is 11.1 Å². The average Bonchev–Trinajstić information content (AvgIpc) is 2.82. The van der Waals surface area contributed by atoms with E-state index in [-0.39, 0.29) is 12.5 Å². The van der Waals surface area contributed by atoms with Crippen LogP contribution in [-0.2, 0) is 4.79 Å². The highest BCUT2D eigenvalue weighted by Crippen LogP contribution is 2.83. The van der Waals surface area contributed by atoms with Crippen LogP contribution >= 0.6 is 0 Å². The van der Waals surface area contributed by atoms with Gasteiger partial charge in [-0.05, 0) is 10.8 Å². The van der Waals surface area contributed by atoms with Crippen molar-refractivity contribution >= 4 is 5.97 Å². The van der Waals surface area contributed by atoms with Gasteiger partial charge in [-0.2, -0.15) is 0 Å². The Labute approximate surface area is 137 Å². The van der Waals surface area contributed by atoms with Gasteiger partial charge in [0.2, 0.25) is 0 Å². The molecule has 0 amide bonds. The number of aliphatic carboxylic acids is 1. The first kappa shape index (κ1) is 18.3. The lowest BCUT2D eigenvalue weighted by molar-refractivity contribution is -0.147. The van der Waals surface area contributed by atoms with Gasteiger partial charge in [0.25, 0.3) is 0 Å². The van der Waals surface area contributed by atoms with Gasteiger partial charge < -0.3 is 5.11 Å². The molecule has 1 aromatic rings. The minimum atomic E-state index is -1.66. The van der Waals surface area contributed by atoms with E-state index in [1.54, 1.807) is 27.7 Å². The molecule has 6 heteroatoms. The van der Waals surface area contributed by atoms with E-state index in [0.29, 0.717) is 0 Å². The molecule has 2 nitrogen and oxygen atoms in total. The Bertz CT molecular complexity index is 719. The Hall–Kier alpha value is -2.03. The fourth-order valence-electron chi connectivity index (χ4n) is 4.40. The summed E-state index contributed by atoms with van der Waals surface area (Å²) in [4.78, 5) is 12.1.